The molecule has 0 saturated heterocycles. The van der Waals surface area contributed by atoms with Crippen LogP contribution in [0.2, 0.25) is 0 Å². The standard InChI is InChI=1S/C19H21BrN6O2/c1-12-4-3-5-15(23-12)19(28)24-17-8-13-10-26(25-16(13)9-14(17)20)11-18(27)22-7-6-21-2/h3-5,8-10,21H,6-7,11H2,1-2H3,(H,22,27)(H,24,28). The summed E-state index contributed by atoms with van der Waals surface area (Å²) < 4.78 is 2.28. The van der Waals surface area contributed by atoms with Gasteiger partial charge in [-0.25, -0.2) is 4.98 Å². The van der Waals surface area contributed by atoms with Crippen molar-refractivity contribution in [2.75, 3.05) is 25.5 Å². The van der Waals surface area contributed by atoms with Crippen LogP contribution in [-0.4, -0.2) is 46.7 Å². The molecule has 2 aromatic heterocycles. The summed E-state index contributed by atoms with van der Waals surface area (Å²) in [4.78, 5) is 28.6. The van der Waals surface area contributed by atoms with E-state index in [1.165, 1.54) is 0 Å². The van der Waals surface area contributed by atoms with Crippen molar-refractivity contribution in [3.05, 3.63) is 52.4 Å². The van der Waals surface area contributed by atoms with Crippen LogP contribution >= 0.6 is 15.9 Å². The van der Waals surface area contributed by atoms with Gasteiger partial charge in [-0.15, -0.1) is 0 Å². The van der Waals surface area contributed by atoms with E-state index in [1.807, 2.05) is 32.2 Å². The van der Waals surface area contributed by atoms with Crippen molar-refractivity contribution in [3.8, 4) is 0 Å². The molecule has 0 atom stereocenters. The van der Waals surface area contributed by atoms with Crippen LogP contribution in [0.1, 0.15) is 16.2 Å². The predicted molar refractivity (Wildman–Crippen MR) is 111 cm³/mol. The zero-order chi connectivity index (χ0) is 20.1. The van der Waals surface area contributed by atoms with Crippen molar-refractivity contribution >= 4 is 44.3 Å². The maximum atomic E-state index is 12.5. The average molecular weight is 445 g/mol. The molecule has 0 aliphatic rings. The number of nitrogens with one attached hydrogen (secondary N) is 3. The molecular weight excluding hydrogens is 424 g/mol. The number of carbonyl (C=O) groups is 2. The number of hydrogen-bond acceptors (Lipinski definition) is 5. The predicted octanol–water partition coefficient (Wildman–Crippen LogP) is 2.09. The quantitative estimate of drug-likeness (QED) is 0.484. The summed E-state index contributed by atoms with van der Waals surface area (Å²) in [6.07, 6.45) is 1.78. The molecule has 0 saturated carbocycles. The van der Waals surface area contributed by atoms with E-state index < -0.39 is 0 Å². The van der Waals surface area contributed by atoms with Gasteiger partial charge in [0.2, 0.25) is 5.91 Å². The Hall–Kier alpha value is -2.78. The number of halogens is 1. The summed E-state index contributed by atoms with van der Waals surface area (Å²) in [5.41, 5.74) is 2.46. The molecule has 28 heavy (non-hydrogen) atoms. The van der Waals surface area contributed by atoms with Crippen LogP contribution in [0, 0.1) is 6.92 Å². The average Bonchev–Trinajstić information content (AvgIpc) is 3.03. The highest BCUT2D eigenvalue weighted by Gasteiger charge is 2.13. The van der Waals surface area contributed by atoms with Crippen LogP contribution in [0.3, 0.4) is 0 Å². The molecule has 0 aliphatic heterocycles. The molecule has 1 aromatic carbocycles. The van der Waals surface area contributed by atoms with Crippen LogP contribution < -0.4 is 16.0 Å². The monoisotopic (exact) mass is 444 g/mol. The van der Waals surface area contributed by atoms with Crippen molar-refractivity contribution in [2.24, 2.45) is 0 Å². The minimum Gasteiger partial charge on any atom is -0.353 e. The minimum absolute atomic E-state index is 0.110. The molecule has 9 heteroatoms. The lowest BCUT2D eigenvalue weighted by Crippen LogP contribution is -2.33. The zero-order valence-electron chi connectivity index (χ0n) is 15.6. The zero-order valence-corrected chi connectivity index (χ0v) is 17.2. The topological polar surface area (TPSA) is 101 Å². The Morgan fingerprint density at radius 2 is 2.04 bits per heavy atom. The van der Waals surface area contributed by atoms with E-state index in [2.05, 4.69) is 42.0 Å². The minimum atomic E-state index is -0.292. The van der Waals surface area contributed by atoms with Gasteiger partial charge in [0.25, 0.3) is 5.91 Å². The Kier molecular flexibility index (Phi) is 6.37. The van der Waals surface area contributed by atoms with E-state index in [4.69, 9.17) is 0 Å². The summed E-state index contributed by atoms with van der Waals surface area (Å²) in [5.74, 6) is -0.402. The lowest BCUT2D eigenvalue weighted by Gasteiger charge is -2.07. The number of aromatic nitrogens is 3. The number of benzene rings is 1. The molecule has 146 valence electrons. The fourth-order valence-electron chi connectivity index (χ4n) is 2.66. The molecule has 0 radical (unpaired) electrons. The maximum absolute atomic E-state index is 12.5. The van der Waals surface area contributed by atoms with E-state index in [-0.39, 0.29) is 18.4 Å². The Balaban J connectivity index is 1.75. The normalized spacial score (nSPS) is 10.8. The molecule has 0 bridgehead atoms. The van der Waals surface area contributed by atoms with E-state index in [1.54, 1.807) is 23.0 Å². The number of amides is 2. The number of pyridine rings is 1. The lowest BCUT2D eigenvalue weighted by atomic mass is 10.2. The van der Waals surface area contributed by atoms with Gasteiger partial charge < -0.3 is 16.0 Å². The fourth-order valence-corrected chi connectivity index (χ4v) is 3.09. The maximum Gasteiger partial charge on any atom is 0.274 e. The van der Waals surface area contributed by atoms with Gasteiger partial charge in [0.1, 0.15) is 12.2 Å². The van der Waals surface area contributed by atoms with E-state index in [0.29, 0.717) is 28.9 Å². The summed E-state index contributed by atoms with van der Waals surface area (Å²) >= 11 is 3.46. The van der Waals surface area contributed by atoms with E-state index >= 15 is 0 Å². The van der Waals surface area contributed by atoms with Crippen molar-refractivity contribution in [3.63, 3.8) is 0 Å². The Bertz CT molecular complexity index is 1020. The van der Waals surface area contributed by atoms with Gasteiger partial charge >= 0.3 is 0 Å². The third kappa shape index (κ3) is 4.93. The van der Waals surface area contributed by atoms with Crippen LogP contribution in [0.5, 0.6) is 0 Å². The third-order valence-electron chi connectivity index (χ3n) is 4.01. The SMILES string of the molecule is CNCCNC(=O)Cn1cc2cc(NC(=O)c3cccc(C)n3)c(Br)cc2n1. The summed E-state index contributed by atoms with van der Waals surface area (Å²) in [7, 11) is 1.83. The largest absolute Gasteiger partial charge is 0.353 e. The summed E-state index contributed by atoms with van der Waals surface area (Å²) in [6.45, 7) is 3.23. The molecule has 8 nitrogen and oxygen atoms in total. The highest BCUT2D eigenvalue weighted by atomic mass is 79.9. The number of carbonyl (C=O) groups excluding carboxylic acids is 2. The smallest absolute Gasteiger partial charge is 0.274 e. The van der Waals surface area contributed by atoms with Crippen molar-refractivity contribution < 1.29 is 9.59 Å². The van der Waals surface area contributed by atoms with Crippen molar-refractivity contribution in [2.45, 2.75) is 13.5 Å². The second-order valence-corrected chi connectivity index (χ2v) is 7.14. The molecule has 0 fully saturated rings. The van der Waals surface area contributed by atoms with E-state index in [0.717, 1.165) is 16.6 Å². The molecule has 2 amide bonds. The number of anilines is 1. The van der Waals surface area contributed by atoms with Gasteiger partial charge in [0.05, 0.1) is 11.2 Å². The summed E-state index contributed by atoms with van der Waals surface area (Å²) in [6, 6.07) is 8.92. The van der Waals surface area contributed by atoms with Gasteiger partial charge in [-0.05, 0) is 54.2 Å². The number of rotatable bonds is 7. The van der Waals surface area contributed by atoms with Crippen molar-refractivity contribution in [1.82, 2.24) is 25.4 Å². The number of hydrogen-bond donors (Lipinski definition) is 3. The molecule has 0 spiro atoms. The Morgan fingerprint density at radius 1 is 1.21 bits per heavy atom. The summed E-state index contributed by atoms with van der Waals surface area (Å²) in [5, 5.41) is 13.9. The van der Waals surface area contributed by atoms with Crippen LogP contribution in [0.4, 0.5) is 5.69 Å². The first-order valence-corrected chi connectivity index (χ1v) is 9.58. The fraction of sp³-hybridized carbons (Fsp3) is 0.263. The van der Waals surface area contributed by atoms with Gasteiger partial charge in [-0.3, -0.25) is 14.3 Å². The highest BCUT2D eigenvalue weighted by molar-refractivity contribution is 9.10. The van der Waals surface area contributed by atoms with Crippen LogP contribution in [0.15, 0.2) is 41.0 Å². The first-order chi connectivity index (χ1) is 13.5. The second kappa shape index (κ2) is 8.94. The van der Waals surface area contributed by atoms with Gasteiger partial charge in [-0.2, -0.15) is 5.10 Å². The molecule has 3 aromatic rings. The molecular formula is C19H21BrN6O2. The van der Waals surface area contributed by atoms with Crippen molar-refractivity contribution in [1.29, 1.82) is 0 Å². The van der Waals surface area contributed by atoms with Gasteiger partial charge in [0.15, 0.2) is 0 Å². The van der Waals surface area contributed by atoms with Crippen LogP contribution in [-0.2, 0) is 11.3 Å². The second-order valence-electron chi connectivity index (χ2n) is 6.29. The molecule has 3 rings (SSSR count). The Morgan fingerprint density at radius 3 is 2.79 bits per heavy atom. The number of likely N-dealkylation sites (N-methyl/N-ethyl adjacent to an activating group) is 1. The van der Waals surface area contributed by atoms with Gasteiger partial charge in [0, 0.05) is 34.8 Å². The molecule has 3 N–H and O–H groups in total. The number of nitrogens with zero attached hydrogens (tertiary/aromatic N) is 3. The molecule has 0 unspecified atom stereocenters. The first-order valence-electron chi connectivity index (χ1n) is 8.79. The highest BCUT2D eigenvalue weighted by Crippen LogP contribution is 2.28. The van der Waals surface area contributed by atoms with Crippen LogP contribution in [0.25, 0.3) is 10.9 Å². The Labute approximate surface area is 170 Å². The lowest BCUT2D eigenvalue weighted by molar-refractivity contribution is -0.121. The first kappa shape index (κ1) is 20.0. The third-order valence-corrected chi connectivity index (χ3v) is 4.67. The van der Waals surface area contributed by atoms with Gasteiger partial charge in [-0.1, -0.05) is 6.07 Å². The molecule has 2 heterocycles. The molecule has 0 aliphatic carbocycles. The number of fused-ring (bicyclic) bond motifs is 1. The van der Waals surface area contributed by atoms with E-state index in [9.17, 15) is 9.59 Å². The number of aryl methyl sites for hydroxylation is 1.